The molecule has 26 heavy (non-hydrogen) atoms. The van der Waals surface area contributed by atoms with Gasteiger partial charge in [-0.15, -0.1) is 0 Å². The number of rotatable bonds is 9. The number of hydrogen-bond acceptors (Lipinski definition) is 6. The van der Waals surface area contributed by atoms with Crippen molar-refractivity contribution in [2.75, 3.05) is 27.9 Å². The van der Waals surface area contributed by atoms with Crippen molar-refractivity contribution in [3.05, 3.63) is 53.6 Å². The number of aryl methyl sites for hydroxylation is 1. The molecule has 0 aliphatic rings. The zero-order chi connectivity index (χ0) is 18.9. The van der Waals surface area contributed by atoms with Crippen LogP contribution in [0.2, 0.25) is 0 Å². The van der Waals surface area contributed by atoms with Crippen LogP contribution in [0.3, 0.4) is 0 Å². The van der Waals surface area contributed by atoms with Crippen LogP contribution in [0.1, 0.15) is 22.3 Å². The van der Waals surface area contributed by atoms with E-state index in [1.807, 2.05) is 30.3 Å². The summed E-state index contributed by atoms with van der Waals surface area (Å²) in [4.78, 5) is 24.2. The molecular weight excluding hydrogens is 336 g/mol. The standard InChI is InChI=1S/C20H22O6/c1-23-17-11-15(12-18(24-2)20(17)25-3)16(21)13-26-19(22)10-9-14-7-5-4-6-8-14/h4-8,11-12H,9-10,13H2,1-3H3. The second-order valence-corrected chi connectivity index (χ2v) is 5.48. The van der Waals surface area contributed by atoms with Crippen LogP contribution >= 0.6 is 0 Å². The number of benzene rings is 2. The van der Waals surface area contributed by atoms with E-state index in [2.05, 4.69) is 0 Å². The molecule has 0 radical (unpaired) electrons. The van der Waals surface area contributed by atoms with Crippen LogP contribution in [-0.4, -0.2) is 39.7 Å². The van der Waals surface area contributed by atoms with Gasteiger partial charge in [0.25, 0.3) is 0 Å². The number of esters is 1. The summed E-state index contributed by atoms with van der Waals surface area (Å²) in [7, 11) is 4.42. The van der Waals surface area contributed by atoms with Gasteiger partial charge in [-0.3, -0.25) is 9.59 Å². The molecule has 6 heteroatoms. The molecule has 0 aromatic heterocycles. The fourth-order valence-corrected chi connectivity index (χ4v) is 2.43. The van der Waals surface area contributed by atoms with Crippen LogP contribution in [0.4, 0.5) is 0 Å². The average molecular weight is 358 g/mol. The van der Waals surface area contributed by atoms with E-state index >= 15 is 0 Å². The molecule has 0 amide bonds. The van der Waals surface area contributed by atoms with Crippen molar-refractivity contribution in [3.63, 3.8) is 0 Å². The summed E-state index contributed by atoms with van der Waals surface area (Å²) in [5.41, 5.74) is 1.36. The van der Waals surface area contributed by atoms with E-state index in [1.54, 1.807) is 0 Å². The van der Waals surface area contributed by atoms with Crippen molar-refractivity contribution in [1.29, 1.82) is 0 Å². The number of ketones is 1. The third-order valence-corrected chi connectivity index (χ3v) is 3.81. The molecule has 138 valence electrons. The molecule has 0 atom stereocenters. The van der Waals surface area contributed by atoms with E-state index in [4.69, 9.17) is 18.9 Å². The molecule has 0 spiro atoms. The summed E-state index contributed by atoms with van der Waals surface area (Å²) in [5, 5.41) is 0. The molecule has 2 rings (SSSR count). The van der Waals surface area contributed by atoms with Gasteiger partial charge in [-0.2, -0.15) is 0 Å². The van der Waals surface area contributed by atoms with E-state index < -0.39 is 5.97 Å². The SMILES string of the molecule is COc1cc(C(=O)COC(=O)CCc2ccccc2)cc(OC)c1OC. The Morgan fingerprint density at radius 3 is 2.04 bits per heavy atom. The number of carbonyl (C=O) groups is 2. The molecule has 0 heterocycles. The van der Waals surface area contributed by atoms with E-state index in [0.29, 0.717) is 29.2 Å². The summed E-state index contributed by atoms with van der Waals surface area (Å²) in [5.74, 6) is 0.356. The quantitative estimate of drug-likeness (QED) is 0.507. The van der Waals surface area contributed by atoms with Gasteiger partial charge >= 0.3 is 5.97 Å². The van der Waals surface area contributed by atoms with Gasteiger partial charge in [0.2, 0.25) is 11.5 Å². The van der Waals surface area contributed by atoms with Crippen molar-refractivity contribution in [2.45, 2.75) is 12.8 Å². The molecule has 0 saturated carbocycles. The minimum Gasteiger partial charge on any atom is -0.493 e. The first-order chi connectivity index (χ1) is 12.6. The van der Waals surface area contributed by atoms with Gasteiger partial charge in [-0.25, -0.2) is 0 Å². The molecule has 2 aromatic carbocycles. The molecule has 0 aliphatic heterocycles. The highest BCUT2D eigenvalue weighted by Gasteiger charge is 2.18. The lowest BCUT2D eigenvalue weighted by molar-refractivity contribution is -0.142. The Bertz CT molecular complexity index is 729. The summed E-state index contributed by atoms with van der Waals surface area (Å²) in [6.07, 6.45) is 0.782. The molecule has 0 unspecified atom stereocenters. The molecule has 0 bridgehead atoms. The summed E-state index contributed by atoms with van der Waals surface area (Å²) in [6.45, 7) is -0.341. The van der Waals surface area contributed by atoms with Crippen LogP contribution in [0.15, 0.2) is 42.5 Å². The van der Waals surface area contributed by atoms with E-state index in [1.165, 1.54) is 33.5 Å². The molecular formula is C20H22O6. The van der Waals surface area contributed by atoms with Crippen LogP contribution in [0.25, 0.3) is 0 Å². The van der Waals surface area contributed by atoms with E-state index in [-0.39, 0.29) is 18.8 Å². The first-order valence-corrected chi connectivity index (χ1v) is 8.11. The first-order valence-electron chi connectivity index (χ1n) is 8.11. The van der Waals surface area contributed by atoms with Gasteiger partial charge in [0.05, 0.1) is 21.3 Å². The van der Waals surface area contributed by atoms with Gasteiger partial charge in [-0.1, -0.05) is 30.3 Å². The predicted octanol–water partition coefficient (Wildman–Crippen LogP) is 3.07. The maximum atomic E-state index is 12.3. The summed E-state index contributed by atoms with van der Waals surface area (Å²) in [6, 6.07) is 12.7. The second-order valence-electron chi connectivity index (χ2n) is 5.48. The molecule has 0 N–H and O–H groups in total. The van der Waals surface area contributed by atoms with Crippen molar-refractivity contribution in [3.8, 4) is 17.2 Å². The zero-order valence-corrected chi connectivity index (χ0v) is 15.1. The highest BCUT2D eigenvalue weighted by Crippen LogP contribution is 2.38. The molecule has 2 aromatic rings. The second kappa shape index (κ2) is 9.46. The first kappa shape index (κ1) is 19.3. The van der Waals surface area contributed by atoms with Gasteiger partial charge in [0, 0.05) is 12.0 Å². The minimum absolute atomic E-state index is 0.215. The number of hydrogen-bond donors (Lipinski definition) is 0. The van der Waals surface area contributed by atoms with Crippen LogP contribution < -0.4 is 14.2 Å². The average Bonchev–Trinajstić information content (AvgIpc) is 2.69. The van der Waals surface area contributed by atoms with Crippen molar-refractivity contribution in [1.82, 2.24) is 0 Å². The Hall–Kier alpha value is -3.02. The minimum atomic E-state index is -0.422. The van der Waals surface area contributed by atoms with Gasteiger partial charge in [-0.05, 0) is 24.1 Å². The largest absolute Gasteiger partial charge is 0.493 e. The molecule has 0 aliphatic carbocycles. The van der Waals surface area contributed by atoms with Crippen LogP contribution in [0, 0.1) is 0 Å². The normalized spacial score (nSPS) is 10.1. The molecule has 6 nitrogen and oxygen atoms in total. The van der Waals surface area contributed by atoms with Crippen LogP contribution in [-0.2, 0) is 16.0 Å². The Morgan fingerprint density at radius 1 is 0.885 bits per heavy atom. The van der Waals surface area contributed by atoms with E-state index in [0.717, 1.165) is 5.56 Å². The fraction of sp³-hybridized carbons (Fsp3) is 0.300. The smallest absolute Gasteiger partial charge is 0.306 e. The fourth-order valence-electron chi connectivity index (χ4n) is 2.43. The van der Waals surface area contributed by atoms with Crippen molar-refractivity contribution < 1.29 is 28.5 Å². The number of Topliss-reactive ketones (excluding diaryl/α,β-unsaturated/α-hetero) is 1. The van der Waals surface area contributed by atoms with Gasteiger partial charge in [0.15, 0.2) is 18.1 Å². The summed E-state index contributed by atoms with van der Waals surface area (Å²) < 4.78 is 20.7. The molecule has 0 saturated heterocycles. The Kier molecular flexibility index (Phi) is 7.02. The Balaban J connectivity index is 1.95. The third-order valence-electron chi connectivity index (χ3n) is 3.81. The lowest BCUT2D eigenvalue weighted by Gasteiger charge is -2.13. The topological polar surface area (TPSA) is 71.1 Å². The van der Waals surface area contributed by atoms with Gasteiger partial charge in [0.1, 0.15) is 0 Å². The van der Waals surface area contributed by atoms with E-state index in [9.17, 15) is 9.59 Å². The predicted molar refractivity (Wildman–Crippen MR) is 96.2 cm³/mol. The number of ether oxygens (including phenoxy) is 4. The third kappa shape index (κ3) is 4.99. The highest BCUT2D eigenvalue weighted by atomic mass is 16.5. The molecule has 0 fully saturated rings. The Labute approximate surface area is 152 Å². The lowest BCUT2D eigenvalue weighted by atomic mass is 10.1. The monoisotopic (exact) mass is 358 g/mol. The maximum Gasteiger partial charge on any atom is 0.306 e. The lowest BCUT2D eigenvalue weighted by Crippen LogP contribution is -2.15. The van der Waals surface area contributed by atoms with Crippen molar-refractivity contribution >= 4 is 11.8 Å². The number of carbonyl (C=O) groups excluding carboxylic acids is 2. The number of methoxy groups -OCH3 is 3. The van der Waals surface area contributed by atoms with Gasteiger partial charge < -0.3 is 18.9 Å². The maximum absolute atomic E-state index is 12.3. The van der Waals surface area contributed by atoms with Crippen molar-refractivity contribution in [2.24, 2.45) is 0 Å². The Morgan fingerprint density at radius 2 is 1.50 bits per heavy atom. The summed E-state index contributed by atoms with van der Waals surface area (Å²) >= 11 is 0. The highest BCUT2D eigenvalue weighted by molar-refractivity contribution is 5.99. The van der Waals surface area contributed by atoms with Crippen LogP contribution in [0.5, 0.6) is 17.2 Å². The zero-order valence-electron chi connectivity index (χ0n) is 15.1.